The minimum Gasteiger partial charge on any atom is -0.493 e. The maximum Gasteiger partial charge on any atom is 0.271 e. The van der Waals surface area contributed by atoms with Crippen LogP contribution >= 0.6 is 0 Å². The lowest BCUT2D eigenvalue weighted by atomic mass is 10.1. The molecule has 0 aliphatic rings. The van der Waals surface area contributed by atoms with E-state index >= 15 is 0 Å². The number of pyridine rings is 1. The first kappa shape index (κ1) is 23.8. The van der Waals surface area contributed by atoms with E-state index in [0.29, 0.717) is 36.9 Å². The van der Waals surface area contributed by atoms with Gasteiger partial charge < -0.3 is 14.2 Å². The molecule has 3 aromatic rings. The molecule has 1 N–H and O–H groups in total. The van der Waals surface area contributed by atoms with Gasteiger partial charge in [0.15, 0.2) is 11.5 Å². The Kier molecular flexibility index (Phi) is 8.82. The van der Waals surface area contributed by atoms with Crippen molar-refractivity contribution in [3.05, 3.63) is 83.2 Å². The molecular formula is C26H29N3O4. The summed E-state index contributed by atoms with van der Waals surface area (Å²) in [5.41, 5.74) is 6.02. The largest absolute Gasteiger partial charge is 0.493 e. The fraction of sp³-hybridized carbons (Fsp3) is 0.269. The number of aromatic nitrogens is 1. The van der Waals surface area contributed by atoms with Crippen LogP contribution in [0.4, 0.5) is 0 Å². The first-order valence-electron chi connectivity index (χ1n) is 10.9. The lowest BCUT2D eigenvalue weighted by Crippen LogP contribution is -2.17. The van der Waals surface area contributed by atoms with Gasteiger partial charge >= 0.3 is 0 Å². The van der Waals surface area contributed by atoms with Gasteiger partial charge in [0, 0.05) is 24.4 Å². The van der Waals surface area contributed by atoms with Crippen molar-refractivity contribution in [3.8, 4) is 17.2 Å². The van der Waals surface area contributed by atoms with Crippen molar-refractivity contribution in [1.82, 2.24) is 10.4 Å². The predicted molar refractivity (Wildman–Crippen MR) is 128 cm³/mol. The van der Waals surface area contributed by atoms with Crippen molar-refractivity contribution in [2.75, 3.05) is 19.8 Å². The number of para-hydroxylation sites is 1. The predicted octanol–water partition coefficient (Wildman–Crippen LogP) is 4.71. The zero-order valence-corrected chi connectivity index (χ0v) is 19.2. The molecule has 0 radical (unpaired) electrons. The number of carbonyl (C=O) groups excluding carboxylic acids is 1. The number of hydrazone groups is 1. The molecule has 7 nitrogen and oxygen atoms in total. The quantitative estimate of drug-likeness (QED) is 0.262. The number of ether oxygens (including phenoxy) is 3. The maximum atomic E-state index is 12.1. The highest BCUT2D eigenvalue weighted by atomic mass is 16.5. The van der Waals surface area contributed by atoms with Gasteiger partial charge in [-0.05, 0) is 67.8 Å². The van der Waals surface area contributed by atoms with Crippen LogP contribution in [0.1, 0.15) is 40.4 Å². The summed E-state index contributed by atoms with van der Waals surface area (Å²) in [4.78, 5) is 15.9. The summed E-state index contributed by atoms with van der Waals surface area (Å²) < 4.78 is 17.6. The number of benzene rings is 2. The number of carbonyl (C=O) groups is 1. The van der Waals surface area contributed by atoms with Crippen LogP contribution in [-0.2, 0) is 0 Å². The van der Waals surface area contributed by atoms with Gasteiger partial charge in [0.05, 0.1) is 26.0 Å². The Labute approximate surface area is 194 Å². The minimum atomic E-state index is -0.304. The van der Waals surface area contributed by atoms with Crippen molar-refractivity contribution in [3.63, 3.8) is 0 Å². The van der Waals surface area contributed by atoms with E-state index in [2.05, 4.69) is 15.5 Å². The molecule has 1 heterocycles. The molecule has 0 aliphatic carbocycles. The standard InChI is InChI=1S/C26H29N3O4/c1-4-31-24-17-21(18-28-29-26(30)22-11-13-27-14-12-22)9-10-23(24)32-15-6-16-33-25-19(2)7-5-8-20(25)3/h5,7-14,17-18H,4,6,15-16H2,1-3H3,(H,29,30)/b28-18+. The van der Waals surface area contributed by atoms with Crippen molar-refractivity contribution < 1.29 is 19.0 Å². The van der Waals surface area contributed by atoms with Crippen molar-refractivity contribution in [2.45, 2.75) is 27.2 Å². The smallest absolute Gasteiger partial charge is 0.271 e. The molecule has 0 atom stereocenters. The fourth-order valence-electron chi connectivity index (χ4n) is 3.17. The second kappa shape index (κ2) is 12.2. The molecule has 0 saturated heterocycles. The van der Waals surface area contributed by atoms with Crippen LogP contribution in [0.15, 0.2) is 66.0 Å². The van der Waals surface area contributed by atoms with Crippen LogP contribution in [0.2, 0.25) is 0 Å². The summed E-state index contributed by atoms with van der Waals surface area (Å²) in [5.74, 6) is 1.91. The van der Waals surface area contributed by atoms with E-state index in [1.807, 2.05) is 57.2 Å². The highest BCUT2D eigenvalue weighted by molar-refractivity contribution is 5.94. The van der Waals surface area contributed by atoms with Crippen LogP contribution in [0.5, 0.6) is 17.2 Å². The molecule has 0 fully saturated rings. The maximum absolute atomic E-state index is 12.1. The highest BCUT2D eigenvalue weighted by Gasteiger charge is 2.08. The highest BCUT2D eigenvalue weighted by Crippen LogP contribution is 2.28. The lowest BCUT2D eigenvalue weighted by Gasteiger charge is -2.14. The van der Waals surface area contributed by atoms with Crippen LogP contribution in [0.25, 0.3) is 0 Å². The van der Waals surface area contributed by atoms with E-state index < -0.39 is 0 Å². The Balaban J connectivity index is 1.52. The van der Waals surface area contributed by atoms with Gasteiger partial charge in [-0.1, -0.05) is 18.2 Å². The molecule has 0 bridgehead atoms. The van der Waals surface area contributed by atoms with Crippen LogP contribution in [0, 0.1) is 13.8 Å². The molecule has 1 amide bonds. The Hall–Kier alpha value is -3.87. The zero-order valence-electron chi connectivity index (χ0n) is 19.2. The first-order chi connectivity index (χ1) is 16.1. The number of hydrogen-bond donors (Lipinski definition) is 1. The average molecular weight is 448 g/mol. The molecule has 3 rings (SSSR count). The summed E-state index contributed by atoms with van der Waals surface area (Å²) in [6.07, 6.45) is 5.41. The number of aryl methyl sites for hydroxylation is 2. The number of amides is 1. The molecule has 172 valence electrons. The van der Waals surface area contributed by atoms with Gasteiger partial charge in [-0.2, -0.15) is 5.10 Å². The fourth-order valence-corrected chi connectivity index (χ4v) is 3.17. The van der Waals surface area contributed by atoms with Gasteiger partial charge in [-0.15, -0.1) is 0 Å². The van der Waals surface area contributed by atoms with E-state index in [4.69, 9.17) is 14.2 Å². The molecule has 0 unspecified atom stereocenters. The van der Waals surface area contributed by atoms with Crippen LogP contribution < -0.4 is 19.6 Å². The molecule has 2 aromatic carbocycles. The second-order valence-electron chi connectivity index (χ2n) is 7.35. The Morgan fingerprint density at radius 1 is 0.970 bits per heavy atom. The number of hydrogen-bond acceptors (Lipinski definition) is 6. The van der Waals surface area contributed by atoms with Crippen LogP contribution in [0.3, 0.4) is 0 Å². The third-order valence-electron chi connectivity index (χ3n) is 4.79. The number of nitrogens with one attached hydrogen (secondary N) is 1. The molecule has 0 aliphatic heterocycles. The third-order valence-corrected chi connectivity index (χ3v) is 4.79. The van der Waals surface area contributed by atoms with E-state index in [-0.39, 0.29) is 5.91 Å². The molecule has 7 heteroatoms. The first-order valence-corrected chi connectivity index (χ1v) is 10.9. The molecule has 0 saturated carbocycles. The van der Waals surface area contributed by atoms with E-state index in [1.165, 1.54) is 0 Å². The topological polar surface area (TPSA) is 82.0 Å². The minimum absolute atomic E-state index is 0.304. The Morgan fingerprint density at radius 3 is 2.42 bits per heavy atom. The normalized spacial score (nSPS) is 10.8. The summed E-state index contributed by atoms with van der Waals surface area (Å²) in [6, 6.07) is 14.9. The lowest BCUT2D eigenvalue weighted by molar-refractivity contribution is 0.0955. The number of nitrogens with zero attached hydrogens (tertiary/aromatic N) is 2. The monoisotopic (exact) mass is 447 g/mol. The summed E-state index contributed by atoms with van der Waals surface area (Å²) in [7, 11) is 0. The number of rotatable bonds is 11. The van der Waals surface area contributed by atoms with Gasteiger partial charge in [-0.3, -0.25) is 9.78 Å². The second-order valence-corrected chi connectivity index (χ2v) is 7.35. The van der Waals surface area contributed by atoms with Gasteiger partial charge in [0.2, 0.25) is 0 Å². The van der Waals surface area contributed by atoms with Gasteiger partial charge in [0.1, 0.15) is 5.75 Å². The molecule has 33 heavy (non-hydrogen) atoms. The van der Waals surface area contributed by atoms with E-state index in [9.17, 15) is 4.79 Å². The SMILES string of the molecule is CCOc1cc(/C=N/NC(=O)c2ccncc2)ccc1OCCCOc1c(C)cccc1C. The zero-order chi connectivity index (χ0) is 23.5. The summed E-state index contributed by atoms with van der Waals surface area (Å²) in [6.45, 7) is 7.58. The summed E-state index contributed by atoms with van der Waals surface area (Å²) >= 11 is 0. The summed E-state index contributed by atoms with van der Waals surface area (Å²) in [5, 5.41) is 4.02. The van der Waals surface area contributed by atoms with Crippen LogP contribution in [-0.4, -0.2) is 36.9 Å². The molecular weight excluding hydrogens is 418 g/mol. The third kappa shape index (κ3) is 7.07. The molecule has 0 spiro atoms. The van der Waals surface area contributed by atoms with E-state index in [1.54, 1.807) is 30.7 Å². The molecule has 1 aromatic heterocycles. The Bertz CT molecular complexity index is 1060. The van der Waals surface area contributed by atoms with Gasteiger partial charge in [-0.25, -0.2) is 5.43 Å². The van der Waals surface area contributed by atoms with Crippen molar-refractivity contribution in [2.24, 2.45) is 5.10 Å². The average Bonchev–Trinajstić information content (AvgIpc) is 2.82. The van der Waals surface area contributed by atoms with Gasteiger partial charge in [0.25, 0.3) is 5.91 Å². The van der Waals surface area contributed by atoms with Crippen molar-refractivity contribution in [1.29, 1.82) is 0 Å². The van der Waals surface area contributed by atoms with E-state index in [0.717, 1.165) is 28.9 Å². The van der Waals surface area contributed by atoms with Crippen molar-refractivity contribution >= 4 is 12.1 Å². The Morgan fingerprint density at radius 2 is 1.70 bits per heavy atom.